The highest BCUT2D eigenvalue weighted by Crippen LogP contribution is 2.25. The summed E-state index contributed by atoms with van der Waals surface area (Å²) in [5.41, 5.74) is 0. The largest absolute Gasteiger partial charge is 0.606 e. The van der Waals surface area contributed by atoms with E-state index in [0.29, 0.717) is 26.1 Å². The van der Waals surface area contributed by atoms with Gasteiger partial charge in [-0.1, -0.05) is 0 Å². The summed E-state index contributed by atoms with van der Waals surface area (Å²) < 4.78 is -0.362. The van der Waals surface area contributed by atoms with Crippen LogP contribution in [0.2, 0.25) is 0 Å². The maximum Gasteiger partial charge on any atom is 0.268 e. The van der Waals surface area contributed by atoms with E-state index in [1.807, 2.05) is 0 Å². The summed E-state index contributed by atoms with van der Waals surface area (Å²) >= 11 is 0. The molecule has 0 atom stereocenters. The molecule has 0 bridgehead atoms. The topological polar surface area (TPSA) is 43.4 Å². The lowest BCUT2D eigenvalue weighted by molar-refractivity contribution is -0.970. The molecule has 0 saturated carbocycles. The van der Waals surface area contributed by atoms with Crippen LogP contribution in [0.25, 0.3) is 0 Å². The highest BCUT2D eigenvalue weighted by atomic mass is 16.6. The van der Waals surface area contributed by atoms with E-state index >= 15 is 0 Å². The minimum atomic E-state index is -0.362. The molecule has 0 unspecified atom stereocenters. The molecule has 12 heavy (non-hydrogen) atoms. The first-order valence-corrected chi connectivity index (χ1v) is 4.61. The average Bonchev–Trinajstić information content (AvgIpc) is 2.59. The van der Waals surface area contributed by atoms with Crippen LogP contribution in [-0.2, 0) is 4.79 Å². The maximum atomic E-state index is 12.0. The van der Waals surface area contributed by atoms with E-state index in [4.69, 9.17) is 0 Å². The maximum absolute atomic E-state index is 12.0. The number of nitrogens with zero attached hydrogens (tertiary/aromatic N) is 2. The van der Waals surface area contributed by atoms with E-state index in [9.17, 15) is 10.0 Å². The molecule has 4 nitrogen and oxygen atoms in total. The standard InChI is InChI=1S/C8H14N2O2/c11-8-4-3-5-9(8)10(12)6-1-2-7-10/h1-7H2. The van der Waals surface area contributed by atoms with Crippen LogP contribution in [0.1, 0.15) is 25.7 Å². The fraction of sp³-hybridized carbons (Fsp3) is 0.875. The van der Waals surface area contributed by atoms with Crippen molar-refractivity contribution >= 4 is 5.91 Å². The predicted molar refractivity (Wildman–Crippen MR) is 43.5 cm³/mol. The van der Waals surface area contributed by atoms with E-state index in [2.05, 4.69) is 0 Å². The average molecular weight is 170 g/mol. The smallest absolute Gasteiger partial charge is 0.268 e. The number of hydroxylamine groups is 2. The molecule has 2 heterocycles. The Hall–Kier alpha value is -0.610. The van der Waals surface area contributed by atoms with Gasteiger partial charge in [-0.3, -0.25) is 9.55 Å². The number of carbonyl (C=O) groups is 1. The third-order valence-electron chi connectivity index (χ3n) is 2.75. The van der Waals surface area contributed by atoms with Crippen LogP contribution in [0.3, 0.4) is 0 Å². The van der Waals surface area contributed by atoms with E-state index in [-0.39, 0.29) is 10.7 Å². The van der Waals surface area contributed by atoms with Gasteiger partial charge in [0.1, 0.15) is 13.1 Å². The van der Waals surface area contributed by atoms with Gasteiger partial charge < -0.3 is 5.21 Å². The van der Waals surface area contributed by atoms with Gasteiger partial charge in [0.2, 0.25) is 0 Å². The number of hydrogen-bond acceptors (Lipinski definition) is 2. The molecule has 0 spiro atoms. The molecule has 2 aliphatic heterocycles. The molecule has 0 aromatic heterocycles. The molecule has 4 heteroatoms. The van der Waals surface area contributed by atoms with Gasteiger partial charge in [0.05, 0.1) is 6.54 Å². The SMILES string of the molecule is O=C1CCCN1[N+]1([O-])CCCC1. The normalized spacial score (nSPS) is 28.4. The van der Waals surface area contributed by atoms with Gasteiger partial charge in [0.15, 0.2) is 0 Å². The molecule has 0 aliphatic carbocycles. The van der Waals surface area contributed by atoms with Gasteiger partial charge in [0.25, 0.3) is 5.91 Å². The van der Waals surface area contributed by atoms with Gasteiger partial charge >= 0.3 is 0 Å². The molecule has 0 aromatic carbocycles. The number of quaternary nitrogens is 1. The Balaban J connectivity index is 2.11. The van der Waals surface area contributed by atoms with Crippen LogP contribution in [-0.4, -0.2) is 35.3 Å². The molecule has 0 radical (unpaired) electrons. The third kappa shape index (κ3) is 1.11. The molecule has 2 fully saturated rings. The molecule has 1 amide bonds. The number of rotatable bonds is 1. The summed E-state index contributed by atoms with van der Waals surface area (Å²) in [7, 11) is 0. The number of hydrogen-bond donors (Lipinski definition) is 0. The molecular formula is C8H14N2O2. The first-order valence-electron chi connectivity index (χ1n) is 4.61. The van der Waals surface area contributed by atoms with Crippen LogP contribution in [0.5, 0.6) is 0 Å². The molecule has 2 rings (SSSR count). The van der Waals surface area contributed by atoms with Crippen molar-refractivity contribution in [3.8, 4) is 0 Å². The van der Waals surface area contributed by atoms with Crippen molar-refractivity contribution in [2.24, 2.45) is 0 Å². The Morgan fingerprint density at radius 1 is 1.25 bits per heavy atom. The lowest BCUT2D eigenvalue weighted by Crippen LogP contribution is -2.54. The number of amides is 1. The Labute approximate surface area is 71.9 Å². The zero-order chi connectivity index (χ0) is 8.60. The van der Waals surface area contributed by atoms with Crippen molar-refractivity contribution in [1.82, 2.24) is 5.01 Å². The van der Waals surface area contributed by atoms with E-state index < -0.39 is 0 Å². The van der Waals surface area contributed by atoms with Gasteiger partial charge in [-0.05, 0) is 6.42 Å². The van der Waals surface area contributed by atoms with Crippen molar-refractivity contribution in [2.75, 3.05) is 19.6 Å². The Kier molecular flexibility index (Phi) is 1.81. The van der Waals surface area contributed by atoms with E-state index in [1.54, 1.807) is 0 Å². The second-order valence-electron chi connectivity index (χ2n) is 3.62. The second-order valence-corrected chi connectivity index (χ2v) is 3.62. The van der Waals surface area contributed by atoms with Crippen LogP contribution >= 0.6 is 0 Å². The second kappa shape index (κ2) is 2.71. The molecule has 0 N–H and O–H groups in total. The zero-order valence-electron chi connectivity index (χ0n) is 7.16. The van der Waals surface area contributed by atoms with Crippen LogP contribution in [0.15, 0.2) is 0 Å². The molecular weight excluding hydrogens is 156 g/mol. The Morgan fingerprint density at radius 2 is 1.92 bits per heavy atom. The van der Waals surface area contributed by atoms with Gasteiger partial charge in [-0.2, -0.15) is 5.01 Å². The van der Waals surface area contributed by atoms with Crippen LogP contribution in [0, 0.1) is 5.21 Å². The Morgan fingerprint density at radius 3 is 2.42 bits per heavy atom. The van der Waals surface area contributed by atoms with Crippen molar-refractivity contribution in [2.45, 2.75) is 25.7 Å². The first-order chi connectivity index (χ1) is 5.72. The summed E-state index contributed by atoms with van der Waals surface area (Å²) in [5, 5.41) is 13.5. The fourth-order valence-corrected chi connectivity index (χ4v) is 2.09. The summed E-state index contributed by atoms with van der Waals surface area (Å²) in [6.07, 6.45) is 3.36. The van der Waals surface area contributed by atoms with Crippen molar-refractivity contribution in [3.05, 3.63) is 5.21 Å². The minimum absolute atomic E-state index is 0.0481. The van der Waals surface area contributed by atoms with Crippen molar-refractivity contribution in [1.29, 1.82) is 0 Å². The van der Waals surface area contributed by atoms with Crippen molar-refractivity contribution in [3.63, 3.8) is 0 Å². The summed E-state index contributed by atoms with van der Waals surface area (Å²) in [6.45, 7) is 1.87. The van der Waals surface area contributed by atoms with Gasteiger partial charge in [-0.25, -0.2) is 0 Å². The summed E-state index contributed by atoms with van der Waals surface area (Å²) in [6, 6.07) is 0. The number of carbonyl (C=O) groups excluding carboxylic acids is 1. The molecule has 68 valence electrons. The highest BCUT2D eigenvalue weighted by Gasteiger charge is 2.37. The monoisotopic (exact) mass is 170 g/mol. The third-order valence-corrected chi connectivity index (χ3v) is 2.75. The highest BCUT2D eigenvalue weighted by molar-refractivity contribution is 5.76. The molecule has 0 aromatic rings. The van der Waals surface area contributed by atoms with Crippen molar-refractivity contribution < 1.29 is 9.55 Å². The Bertz CT molecular complexity index is 199. The zero-order valence-corrected chi connectivity index (χ0v) is 7.16. The lowest BCUT2D eigenvalue weighted by atomic mass is 10.4. The van der Waals surface area contributed by atoms with Gasteiger partial charge in [-0.15, -0.1) is 0 Å². The van der Waals surface area contributed by atoms with E-state index in [1.165, 1.54) is 5.01 Å². The minimum Gasteiger partial charge on any atom is -0.606 e. The van der Waals surface area contributed by atoms with Gasteiger partial charge in [0, 0.05) is 19.3 Å². The first kappa shape index (κ1) is 8.01. The summed E-state index contributed by atoms with van der Waals surface area (Å²) in [4.78, 5) is 11.3. The summed E-state index contributed by atoms with van der Waals surface area (Å²) in [5.74, 6) is 0.0481. The van der Waals surface area contributed by atoms with Crippen LogP contribution in [0.4, 0.5) is 0 Å². The molecule has 2 aliphatic rings. The molecule has 2 saturated heterocycles. The predicted octanol–water partition coefficient (Wildman–Crippen LogP) is 0.632. The van der Waals surface area contributed by atoms with Crippen LogP contribution < -0.4 is 0 Å². The lowest BCUT2D eigenvalue weighted by Gasteiger charge is -2.44. The fourth-order valence-electron chi connectivity index (χ4n) is 2.09. The quantitative estimate of drug-likeness (QED) is 0.428. The van der Waals surface area contributed by atoms with E-state index in [0.717, 1.165) is 19.3 Å².